The van der Waals surface area contributed by atoms with Gasteiger partial charge < -0.3 is 20.3 Å². The number of nitrogens with zero attached hydrogens (tertiary/aromatic N) is 4. The van der Waals surface area contributed by atoms with Gasteiger partial charge >= 0.3 is 6.09 Å². The average molecular weight is 322 g/mol. The maximum atomic E-state index is 11.7. The van der Waals surface area contributed by atoms with Crippen molar-refractivity contribution in [1.82, 2.24) is 20.2 Å². The van der Waals surface area contributed by atoms with Crippen LogP contribution in [0.5, 0.6) is 0 Å². The van der Waals surface area contributed by atoms with Crippen molar-refractivity contribution < 1.29 is 14.3 Å². The van der Waals surface area contributed by atoms with Gasteiger partial charge in [-0.1, -0.05) is 0 Å². The topological polar surface area (TPSA) is 99.7 Å². The molecule has 2 N–H and O–H groups in total. The first kappa shape index (κ1) is 16.8. The van der Waals surface area contributed by atoms with Crippen LogP contribution in [0.1, 0.15) is 5.69 Å². The summed E-state index contributed by atoms with van der Waals surface area (Å²) in [7, 11) is 3.82. The van der Waals surface area contributed by atoms with Crippen molar-refractivity contribution in [2.24, 2.45) is 0 Å². The lowest BCUT2D eigenvalue weighted by Gasteiger charge is -2.14. The van der Waals surface area contributed by atoms with E-state index in [9.17, 15) is 9.59 Å². The Hall–Kier alpha value is -2.58. The molecule has 0 radical (unpaired) electrons. The summed E-state index contributed by atoms with van der Waals surface area (Å²) >= 11 is 0. The number of cyclic esters (lactones) is 1. The van der Waals surface area contributed by atoms with Crippen LogP contribution in [0.3, 0.4) is 0 Å². The minimum absolute atomic E-state index is 0.0184. The molecule has 9 nitrogen and oxygen atoms in total. The summed E-state index contributed by atoms with van der Waals surface area (Å²) < 4.78 is 4.77. The zero-order valence-corrected chi connectivity index (χ0v) is 13.6. The SMILES string of the molecule is Cc1cc(N(C)C)nc(NCCNC(=O)CN2CCOC2=O)n1. The van der Waals surface area contributed by atoms with Crippen molar-refractivity contribution in [1.29, 1.82) is 0 Å². The van der Waals surface area contributed by atoms with Crippen molar-refractivity contribution in [3.8, 4) is 0 Å². The van der Waals surface area contributed by atoms with E-state index in [2.05, 4.69) is 20.6 Å². The molecule has 1 aromatic heterocycles. The summed E-state index contributed by atoms with van der Waals surface area (Å²) in [4.78, 5) is 34.9. The van der Waals surface area contributed by atoms with E-state index in [0.29, 0.717) is 32.2 Å². The molecular weight excluding hydrogens is 300 g/mol. The Morgan fingerprint density at radius 2 is 2.17 bits per heavy atom. The Labute approximate surface area is 135 Å². The number of carbonyl (C=O) groups excluding carboxylic acids is 2. The highest BCUT2D eigenvalue weighted by Crippen LogP contribution is 2.11. The second-order valence-electron chi connectivity index (χ2n) is 5.40. The number of carbonyl (C=O) groups is 2. The molecular formula is C14H22N6O3. The molecule has 23 heavy (non-hydrogen) atoms. The molecule has 2 rings (SSSR count). The Balaban J connectivity index is 1.72. The fraction of sp³-hybridized carbons (Fsp3) is 0.571. The fourth-order valence-corrected chi connectivity index (χ4v) is 2.03. The third kappa shape index (κ3) is 4.97. The van der Waals surface area contributed by atoms with E-state index in [1.165, 1.54) is 4.90 Å². The highest BCUT2D eigenvalue weighted by Gasteiger charge is 2.23. The Morgan fingerprint density at radius 1 is 1.39 bits per heavy atom. The van der Waals surface area contributed by atoms with Crippen molar-refractivity contribution >= 4 is 23.8 Å². The third-order valence-corrected chi connectivity index (χ3v) is 3.21. The first-order valence-corrected chi connectivity index (χ1v) is 7.41. The molecule has 126 valence electrons. The molecule has 2 heterocycles. The molecule has 0 unspecified atom stereocenters. The predicted octanol–water partition coefficient (Wildman–Crippen LogP) is -0.169. The predicted molar refractivity (Wildman–Crippen MR) is 85.5 cm³/mol. The molecule has 1 fully saturated rings. The van der Waals surface area contributed by atoms with E-state index in [1.54, 1.807) is 0 Å². The van der Waals surface area contributed by atoms with E-state index in [-0.39, 0.29) is 12.5 Å². The zero-order chi connectivity index (χ0) is 16.8. The van der Waals surface area contributed by atoms with Crippen LogP contribution in [0.4, 0.5) is 16.6 Å². The van der Waals surface area contributed by atoms with Gasteiger partial charge in [0.15, 0.2) is 0 Å². The first-order chi connectivity index (χ1) is 11.0. The van der Waals surface area contributed by atoms with Gasteiger partial charge in [-0.25, -0.2) is 9.78 Å². The van der Waals surface area contributed by atoms with Crippen LogP contribution in [-0.2, 0) is 9.53 Å². The normalized spacial score (nSPS) is 13.7. The van der Waals surface area contributed by atoms with Gasteiger partial charge in [-0.05, 0) is 6.92 Å². The quantitative estimate of drug-likeness (QED) is 0.672. The van der Waals surface area contributed by atoms with Crippen LogP contribution in [0.25, 0.3) is 0 Å². The van der Waals surface area contributed by atoms with E-state index in [1.807, 2.05) is 32.0 Å². The van der Waals surface area contributed by atoms with E-state index < -0.39 is 6.09 Å². The van der Waals surface area contributed by atoms with Crippen LogP contribution in [-0.4, -0.2) is 73.7 Å². The molecule has 0 atom stereocenters. The van der Waals surface area contributed by atoms with E-state index >= 15 is 0 Å². The van der Waals surface area contributed by atoms with Crippen LogP contribution in [0.15, 0.2) is 6.07 Å². The van der Waals surface area contributed by atoms with Gasteiger partial charge in [-0.3, -0.25) is 9.69 Å². The number of hydrogen-bond donors (Lipinski definition) is 2. The highest BCUT2D eigenvalue weighted by molar-refractivity contribution is 5.82. The molecule has 0 aromatic carbocycles. The van der Waals surface area contributed by atoms with E-state index in [0.717, 1.165) is 11.5 Å². The number of hydrogen-bond acceptors (Lipinski definition) is 7. The Bertz CT molecular complexity index is 578. The summed E-state index contributed by atoms with van der Waals surface area (Å²) in [5.41, 5.74) is 0.864. The lowest BCUT2D eigenvalue weighted by Crippen LogP contribution is -2.39. The number of ether oxygens (including phenoxy) is 1. The molecule has 2 amide bonds. The number of aryl methyl sites for hydroxylation is 1. The highest BCUT2D eigenvalue weighted by atomic mass is 16.6. The molecule has 1 aliphatic rings. The second kappa shape index (κ2) is 7.61. The number of anilines is 2. The van der Waals surface area contributed by atoms with Gasteiger partial charge in [-0.15, -0.1) is 0 Å². The van der Waals surface area contributed by atoms with Gasteiger partial charge in [0, 0.05) is 38.9 Å². The molecule has 1 saturated heterocycles. The minimum atomic E-state index is -0.442. The third-order valence-electron chi connectivity index (χ3n) is 3.21. The van der Waals surface area contributed by atoms with Crippen LogP contribution in [0, 0.1) is 6.92 Å². The van der Waals surface area contributed by atoms with Crippen molar-refractivity contribution in [3.05, 3.63) is 11.8 Å². The number of amides is 2. The molecule has 9 heteroatoms. The molecule has 1 aliphatic heterocycles. The van der Waals surface area contributed by atoms with E-state index in [4.69, 9.17) is 4.74 Å². The second-order valence-corrected chi connectivity index (χ2v) is 5.40. The van der Waals surface area contributed by atoms with Crippen LogP contribution in [0.2, 0.25) is 0 Å². The van der Waals surface area contributed by atoms with Crippen LogP contribution >= 0.6 is 0 Å². The van der Waals surface area contributed by atoms with Gasteiger partial charge in [0.05, 0.1) is 6.54 Å². The summed E-state index contributed by atoms with van der Waals surface area (Å²) in [6, 6.07) is 1.89. The van der Waals surface area contributed by atoms with Gasteiger partial charge in [0.25, 0.3) is 0 Å². The van der Waals surface area contributed by atoms with Gasteiger partial charge in [0.1, 0.15) is 19.0 Å². The maximum Gasteiger partial charge on any atom is 0.410 e. The lowest BCUT2D eigenvalue weighted by atomic mass is 10.4. The molecule has 1 aromatic rings. The summed E-state index contributed by atoms with van der Waals surface area (Å²) in [5, 5.41) is 5.81. The summed E-state index contributed by atoms with van der Waals surface area (Å²) in [6.45, 7) is 3.62. The first-order valence-electron chi connectivity index (χ1n) is 7.41. The Kier molecular flexibility index (Phi) is 5.56. The van der Waals surface area contributed by atoms with Crippen LogP contribution < -0.4 is 15.5 Å². The zero-order valence-electron chi connectivity index (χ0n) is 13.6. The number of rotatable bonds is 7. The molecule has 0 saturated carbocycles. The molecule has 0 aliphatic carbocycles. The largest absolute Gasteiger partial charge is 0.448 e. The minimum Gasteiger partial charge on any atom is -0.448 e. The Morgan fingerprint density at radius 3 is 2.83 bits per heavy atom. The number of nitrogens with one attached hydrogen (secondary N) is 2. The average Bonchev–Trinajstić information content (AvgIpc) is 2.88. The van der Waals surface area contributed by atoms with Crippen molar-refractivity contribution in [3.63, 3.8) is 0 Å². The van der Waals surface area contributed by atoms with Crippen molar-refractivity contribution in [2.75, 3.05) is 57.1 Å². The standard InChI is InChI=1S/C14H22N6O3/c1-10-8-11(19(2)3)18-13(17-10)16-5-4-15-12(21)9-20-6-7-23-14(20)22/h8H,4-7,9H2,1-3H3,(H,15,21)(H,16,17,18). The number of aromatic nitrogens is 2. The molecule has 0 spiro atoms. The fourth-order valence-electron chi connectivity index (χ4n) is 2.03. The summed E-state index contributed by atoms with van der Waals surface area (Å²) in [5.74, 6) is 1.12. The van der Waals surface area contributed by atoms with Gasteiger partial charge in [-0.2, -0.15) is 4.98 Å². The van der Waals surface area contributed by atoms with Crippen molar-refractivity contribution in [2.45, 2.75) is 6.92 Å². The monoisotopic (exact) mass is 322 g/mol. The maximum absolute atomic E-state index is 11.7. The smallest absolute Gasteiger partial charge is 0.410 e. The molecule has 0 bridgehead atoms. The van der Waals surface area contributed by atoms with Gasteiger partial charge in [0.2, 0.25) is 11.9 Å². The summed E-state index contributed by atoms with van der Waals surface area (Å²) in [6.07, 6.45) is -0.442. The lowest BCUT2D eigenvalue weighted by molar-refractivity contribution is -0.121.